The third kappa shape index (κ3) is 6.11. The summed E-state index contributed by atoms with van der Waals surface area (Å²) >= 11 is 0. The minimum atomic E-state index is -0.276. The number of nitrogens with one attached hydrogen (secondary N) is 2. The molecule has 154 valence electrons. The first-order valence-corrected chi connectivity index (χ1v) is 9.45. The second kappa shape index (κ2) is 10.7. The number of carbonyl (C=O) groups is 1. The molecule has 1 heterocycles. The van der Waals surface area contributed by atoms with E-state index in [-0.39, 0.29) is 30.7 Å². The van der Waals surface area contributed by atoms with E-state index in [1.54, 1.807) is 12.1 Å². The van der Waals surface area contributed by atoms with Crippen LogP contribution < -0.4 is 15.4 Å². The Morgan fingerprint density at radius 3 is 2.62 bits per heavy atom. The van der Waals surface area contributed by atoms with Gasteiger partial charge in [0.05, 0.1) is 0 Å². The van der Waals surface area contributed by atoms with Crippen LogP contribution in [0.15, 0.2) is 59.0 Å². The molecule has 0 radical (unpaired) electrons. The number of hydrogen-bond acceptors (Lipinski definition) is 4. The van der Waals surface area contributed by atoms with Crippen molar-refractivity contribution in [1.29, 1.82) is 0 Å². The molecule has 2 N–H and O–H groups in total. The number of aryl methyl sites for hydroxylation is 2. The van der Waals surface area contributed by atoms with Crippen LogP contribution in [-0.4, -0.2) is 12.5 Å². The summed E-state index contributed by atoms with van der Waals surface area (Å²) < 4.78 is 11.5. The van der Waals surface area contributed by atoms with E-state index in [9.17, 15) is 4.79 Å². The predicted octanol–water partition coefficient (Wildman–Crippen LogP) is 5.26. The van der Waals surface area contributed by atoms with Crippen molar-refractivity contribution < 1.29 is 13.9 Å². The van der Waals surface area contributed by atoms with Gasteiger partial charge in [0.1, 0.15) is 18.1 Å². The fourth-order valence-electron chi connectivity index (χ4n) is 2.93. The fourth-order valence-corrected chi connectivity index (χ4v) is 2.93. The average Bonchev–Trinajstić information content (AvgIpc) is 3.16. The van der Waals surface area contributed by atoms with E-state index < -0.39 is 0 Å². The molecule has 29 heavy (non-hydrogen) atoms. The molecule has 0 fully saturated rings. The molecular formula is C23H27ClN2O3. The number of benzene rings is 2. The van der Waals surface area contributed by atoms with E-state index in [1.807, 2.05) is 57.2 Å². The summed E-state index contributed by atoms with van der Waals surface area (Å²) in [5, 5.41) is 6.20. The van der Waals surface area contributed by atoms with E-state index in [0.29, 0.717) is 12.3 Å². The van der Waals surface area contributed by atoms with Crippen molar-refractivity contribution in [2.24, 2.45) is 0 Å². The number of carbonyl (C=O) groups excluding carboxylic acids is 1. The van der Waals surface area contributed by atoms with Gasteiger partial charge < -0.3 is 19.8 Å². The molecule has 0 aliphatic heterocycles. The molecule has 0 aliphatic rings. The molecule has 0 bridgehead atoms. The Kier molecular flexibility index (Phi) is 8.31. The number of halogens is 1. The van der Waals surface area contributed by atoms with Crippen molar-refractivity contribution in [3.8, 4) is 5.75 Å². The lowest BCUT2D eigenvalue weighted by Crippen LogP contribution is -2.16. The molecule has 6 heteroatoms. The number of amides is 1. The van der Waals surface area contributed by atoms with Crippen molar-refractivity contribution >= 4 is 24.0 Å². The Morgan fingerprint density at radius 2 is 1.86 bits per heavy atom. The SMILES string of the molecule is CCNCc1ccccc1NC(=O)c1ccc(COc2ccc(C)cc2C)o1.Cl. The van der Waals surface area contributed by atoms with Gasteiger partial charge in [-0.05, 0) is 55.8 Å². The summed E-state index contributed by atoms with van der Waals surface area (Å²) in [6.07, 6.45) is 0. The standard InChI is InChI=1S/C23H26N2O3.ClH/c1-4-24-14-18-7-5-6-8-20(18)25-23(26)22-12-10-19(28-22)15-27-21-11-9-16(2)13-17(21)3;/h5-13,24H,4,14-15H2,1-3H3,(H,25,26);1H. The zero-order chi connectivity index (χ0) is 19.9. The number of para-hydroxylation sites is 1. The van der Waals surface area contributed by atoms with Crippen molar-refractivity contribution in [3.05, 3.63) is 82.8 Å². The molecule has 0 saturated heterocycles. The van der Waals surface area contributed by atoms with Gasteiger partial charge in [-0.15, -0.1) is 12.4 Å². The number of furan rings is 1. The van der Waals surface area contributed by atoms with Crippen LogP contribution in [0.4, 0.5) is 5.69 Å². The van der Waals surface area contributed by atoms with Crippen LogP contribution in [0.2, 0.25) is 0 Å². The van der Waals surface area contributed by atoms with Crippen molar-refractivity contribution in [3.63, 3.8) is 0 Å². The van der Waals surface area contributed by atoms with Crippen LogP contribution in [0, 0.1) is 13.8 Å². The van der Waals surface area contributed by atoms with Gasteiger partial charge in [-0.1, -0.05) is 42.8 Å². The van der Waals surface area contributed by atoms with Gasteiger partial charge in [0, 0.05) is 12.2 Å². The highest BCUT2D eigenvalue weighted by Crippen LogP contribution is 2.21. The summed E-state index contributed by atoms with van der Waals surface area (Å²) in [5.41, 5.74) is 4.07. The molecule has 0 saturated carbocycles. The summed E-state index contributed by atoms with van der Waals surface area (Å²) in [7, 11) is 0. The summed E-state index contributed by atoms with van der Waals surface area (Å²) in [6, 6.07) is 17.2. The molecule has 1 amide bonds. The van der Waals surface area contributed by atoms with Crippen molar-refractivity contribution in [2.45, 2.75) is 33.9 Å². The number of hydrogen-bond donors (Lipinski definition) is 2. The second-order valence-corrected chi connectivity index (χ2v) is 6.72. The van der Waals surface area contributed by atoms with E-state index in [0.717, 1.165) is 29.1 Å². The molecular weight excluding hydrogens is 388 g/mol. The first-order valence-electron chi connectivity index (χ1n) is 9.45. The normalized spacial score (nSPS) is 10.3. The third-order valence-electron chi connectivity index (χ3n) is 4.42. The molecule has 3 aromatic rings. The monoisotopic (exact) mass is 414 g/mol. The lowest BCUT2D eigenvalue weighted by atomic mass is 10.1. The number of rotatable bonds is 8. The topological polar surface area (TPSA) is 63.5 Å². The Labute approximate surface area is 177 Å². The summed E-state index contributed by atoms with van der Waals surface area (Å²) in [4.78, 5) is 12.6. The van der Waals surface area contributed by atoms with Gasteiger partial charge >= 0.3 is 0 Å². The Morgan fingerprint density at radius 1 is 1.07 bits per heavy atom. The van der Waals surface area contributed by atoms with E-state index >= 15 is 0 Å². The van der Waals surface area contributed by atoms with Gasteiger partial charge in [0.2, 0.25) is 0 Å². The maximum absolute atomic E-state index is 12.6. The average molecular weight is 415 g/mol. The third-order valence-corrected chi connectivity index (χ3v) is 4.42. The van der Waals surface area contributed by atoms with Gasteiger partial charge in [0.25, 0.3) is 5.91 Å². The van der Waals surface area contributed by atoms with E-state index in [4.69, 9.17) is 9.15 Å². The van der Waals surface area contributed by atoms with Crippen LogP contribution in [0.5, 0.6) is 5.75 Å². The zero-order valence-corrected chi connectivity index (χ0v) is 17.8. The van der Waals surface area contributed by atoms with Crippen molar-refractivity contribution in [2.75, 3.05) is 11.9 Å². The van der Waals surface area contributed by atoms with Gasteiger partial charge in [0.15, 0.2) is 5.76 Å². The molecule has 0 spiro atoms. The van der Waals surface area contributed by atoms with Gasteiger partial charge in [-0.3, -0.25) is 4.79 Å². The summed E-state index contributed by atoms with van der Waals surface area (Å²) in [5.74, 6) is 1.40. The molecule has 0 unspecified atom stereocenters. The van der Waals surface area contributed by atoms with E-state index in [2.05, 4.69) is 16.7 Å². The lowest BCUT2D eigenvalue weighted by Gasteiger charge is -2.10. The zero-order valence-electron chi connectivity index (χ0n) is 17.0. The van der Waals surface area contributed by atoms with Gasteiger partial charge in [-0.25, -0.2) is 0 Å². The van der Waals surface area contributed by atoms with E-state index in [1.165, 1.54) is 5.56 Å². The molecule has 0 atom stereocenters. The molecule has 5 nitrogen and oxygen atoms in total. The minimum absolute atomic E-state index is 0. The minimum Gasteiger partial charge on any atom is -0.485 e. The number of ether oxygens (including phenoxy) is 1. The van der Waals surface area contributed by atoms with Crippen LogP contribution >= 0.6 is 12.4 Å². The highest BCUT2D eigenvalue weighted by atomic mass is 35.5. The second-order valence-electron chi connectivity index (χ2n) is 6.72. The molecule has 3 rings (SSSR count). The Balaban J connectivity index is 0.00000300. The highest BCUT2D eigenvalue weighted by Gasteiger charge is 2.14. The fraction of sp³-hybridized carbons (Fsp3) is 0.261. The Hall–Kier alpha value is -2.76. The lowest BCUT2D eigenvalue weighted by molar-refractivity contribution is 0.0992. The predicted molar refractivity (Wildman–Crippen MR) is 118 cm³/mol. The molecule has 1 aromatic heterocycles. The number of anilines is 1. The van der Waals surface area contributed by atoms with Gasteiger partial charge in [-0.2, -0.15) is 0 Å². The molecule has 2 aromatic carbocycles. The van der Waals surface area contributed by atoms with Crippen LogP contribution in [-0.2, 0) is 13.2 Å². The molecule has 0 aliphatic carbocycles. The quantitative estimate of drug-likeness (QED) is 0.527. The smallest absolute Gasteiger partial charge is 0.291 e. The van der Waals surface area contributed by atoms with Crippen LogP contribution in [0.25, 0.3) is 0 Å². The first kappa shape index (κ1) is 22.5. The van der Waals surface area contributed by atoms with Crippen LogP contribution in [0.1, 0.15) is 39.9 Å². The van der Waals surface area contributed by atoms with Crippen LogP contribution in [0.3, 0.4) is 0 Å². The first-order chi connectivity index (χ1) is 13.6. The highest BCUT2D eigenvalue weighted by molar-refractivity contribution is 6.02. The Bertz CT molecular complexity index is 953. The van der Waals surface area contributed by atoms with Crippen molar-refractivity contribution in [1.82, 2.24) is 5.32 Å². The largest absolute Gasteiger partial charge is 0.485 e. The maximum atomic E-state index is 12.6. The maximum Gasteiger partial charge on any atom is 0.291 e. The summed E-state index contributed by atoms with van der Waals surface area (Å²) in [6.45, 7) is 7.93.